The maximum atomic E-state index is 13.6. The van der Waals surface area contributed by atoms with Gasteiger partial charge >= 0.3 is 0 Å². The smallest absolute Gasteiger partial charge is 0.245 e. The van der Waals surface area contributed by atoms with Gasteiger partial charge in [-0.1, -0.05) is 11.6 Å². The summed E-state index contributed by atoms with van der Waals surface area (Å²) in [5, 5.41) is 8.10. The quantitative estimate of drug-likeness (QED) is 0.433. The molecule has 2 saturated heterocycles. The van der Waals surface area contributed by atoms with Gasteiger partial charge in [0, 0.05) is 19.7 Å². The van der Waals surface area contributed by atoms with Crippen LogP contribution >= 0.6 is 11.6 Å². The van der Waals surface area contributed by atoms with E-state index < -0.39 is 21.4 Å². The van der Waals surface area contributed by atoms with Crippen LogP contribution in [-0.2, 0) is 14.8 Å². The molecule has 0 aromatic carbocycles. The van der Waals surface area contributed by atoms with Crippen molar-refractivity contribution in [3.05, 3.63) is 29.6 Å². The van der Waals surface area contributed by atoms with Crippen molar-refractivity contribution in [1.29, 1.82) is 0 Å². The lowest BCUT2D eigenvalue weighted by atomic mass is 10.1. The van der Waals surface area contributed by atoms with Gasteiger partial charge in [0.2, 0.25) is 33.7 Å². The molecule has 14 nitrogen and oxygen atoms in total. The molecule has 0 amide bonds. The minimum atomic E-state index is -3.93. The number of hydrogen-bond donors (Lipinski definition) is 1. The summed E-state index contributed by atoms with van der Waals surface area (Å²) >= 11 is 5.90. The van der Waals surface area contributed by atoms with Crippen molar-refractivity contribution in [2.24, 2.45) is 0 Å². The Morgan fingerprint density at radius 1 is 1.05 bits per heavy atom. The zero-order valence-electron chi connectivity index (χ0n) is 20.2. The maximum absolute atomic E-state index is 13.6. The summed E-state index contributed by atoms with van der Waals surface area (Å²) in [7, 11) is -1.03. The SMILES string of the molecule is COc1ncnc(OC)c1-n1c(NS(=O)(=O)[C@H]2CCCN(c3ncc(Cl)cn3)C2)nnc1[C@@H]1CCCO1. The van der Waals surface area contributed by atoms with Gasteiger partial charge in [0.25, 0.3) is 0 Å². The molecule has 2 aliphatic heterocycles. The van der Waals surface area contributed by atoms with Gasteiger partial charge in [-0.25, -0.2) is 18.4 Å². The number of ether oxygens (including phenoxy) is 3. The van der Waals surface area contributed by atoms with E-state index in [9.17, 15) is 8.42 Å². The molecule has 2 atom stereocenters. The van der Waals surface area contributed by atoms with Crippen molar-refractivity contribution in [3.63, 3.8) is 0 Å². The minimum Gasteiger partial charge on any atom is -0.479 e. The Labute approximate surface area is 218 Å². The fraction of sp³-hybridized carbons (Fsp3) is 0.524. The monoisotopic (exact) mass is 551 g/mol. The Kier molecular flexibility index (Phi) is 7.26. The lowest BCUT2D eigenvalue weighted by Crippen LogP contribution is -2.45. The summed E-state index contributed by atoms with van der Waals surface area (Å²) in [6.45, 7) is 1.39. The predicted octanol–water partition coefficient (Wildman–Crippen LogP) is 1.78. The summed E-state index contributed by atoms with van der Waals surface area (Å²) in [5.74, 6) is 1.09. The number of nitrogens with zero attached hydrogens (tertiary/aromatic N) is 8. The Balaban J connectivity index is 1.50. The third kappa shape index (κ3) is 5.10. The first kappa shape index (κ1) is 25.4. The lowest BCUT2D eigenvalue weighted by molar-refractivity contribution is 0.103. The molecule has 5 rings (SSSR count). The predicted molar refractivity (Wildman–Crippen MR) is 133 cm³/mol. The van der Waals surface area contributed by atoms with E-state index in [0.717, 1.165) is 6.42 Å². The molecule has 0 bridgehead atoms. The number of sulfonamides is 1. The van der Waals surface area contributed by atoms with Crippen molar-refractivity contribution >= 4 is 33.5 Å². The highest BCUT2D eigenvalue weighted by atomic mass is 35.5. The van der Waals surface area contributed by atoms with Crippen molar-refractivity contribution < 1.29 is 22.6 Å². The molecule has 1 N–H and O–H groups in total. The van der Waals surface area contributed by atoms with E-state index in [4.69, 9.17) is 25.8 Å². The first-order valence-corrected chi connectivity index (χ1v) is 13.6. The van der Waals surface area contributed by atoms with Crippen LogP contribution in [0.3, 0.4) is 0 Å². The van der Waals surface area contributed by atoms with Crippen LogP contribution in [0.5, 0.6) is 11.8 Å². The fourth-order valence-corrected chi connectivity index (χ4v) is 5.97. The van der Waals surface area contributed by atoms with Crippen LogP contribution < -0.4 is 19.1 Å². The molecule has 0 saturated carbocycles. The van der Waals surface area contributed by atoms with Gasteiger partial charge in [-0.3, -0.25) is 9.29 Å². The van der Waals surface area contributed by atoms with Gasteiger partial charge in [-0.2, -0.15) is 9.97 Å². The molecular weight excluding hydrogens is 526 g/mol. The van der Waals surface area contributed by atoms with Crippen molar-refractivity contribution in [2.45, 2.75) is 37.0 Å². The number of methoxy groups -OCH3 is 2. The summed E-state index contributed by atoms with van der Waals surface area (Å²) in [4.78, 5) is 18.6. The Hall–Kier alpha value is -3.30. The summed E-state index contributed by atoms with van der Waals surface area (Å²) in [5.41, 5.74) is 0.264. The van der Waals surface area contributed by atoms with Gasteiger partial charge < -0.3 is 19.1 Å². The average Bonchev–Trinajstić information content (AvgIpc) is 3.58. The van der Waals surface area contributed by atoms with E-state index in [1.165, 1.54) is 37.5 Å². The fourth-order valence-electron chi connectivity index (χ4n) is 4.46. The maximum Gasteiger partial charge on any atom is 0.245 e. The largest absolute Gasteiger partial charge is 0.479 e. The standard InChI is InChI=1S/C21H26ClN9O5S/c1-34-18-16(19(35-2)26-12-25-18)31-17(15-6-4-8-36-15)27-28-21(31)29-37(32,33)14-5-3-7-30(11-14)20-23-9-13(22)10-24-20/h9-10,12,14-15H,3-8,11H2,1-2H3,(H,28,29)/t14-,15-/m0/s1. The molecule has 3 aromatic heterocycles. The number of aromatic nitrogens is 7. The molecule has 0 unspecified atom stereocenters. The van der Waals surface area contributed by atoms with E-state index in [1.807, 2.05) is 4.90 Å². The number of hydrogen-bond acceptors (Lipinski definition) is 12. The summed E-state index contributed by atoms with van der Waals surface area (Å²) in [6, 6.07) is 0. The van der Waals surface area contributed by atoms with E-state index >= 15 is 0 Å². The van der Waals surface area contributed by atoms with Gasteiger partial charge in [0.05, 0.1) is 36.9 Å². The highest BCUT2D eigenvalue weighted by molar-refractivity contribution is 7.93. The summed E-state index contributed by atoms with van der Waals surface area (Å²) < 4.78 is 48.1. The second kappa shape index (κ2) is 10.6. The van der Waals surface area contributed by atoms with Crippen LogP contribution in [0.15, 0.2) is 18.7 Å². The molecule has 37 heavy (non-hydrogen) atoms. The number of nitrogens with one attached hydrogen (secondary N) is 1. The van der Waals surface area contributed by atoms with Gasteiger partial charge in [-0.15, -0.1) is 10.2 Å². The third-order valence-electron chi connectivity index (χ3n) is 6.21. The van der Waals surface area contributed by atoms with Gasteiger partial charge in [0.15, 0.2) is 11.5 Å². The highest BCUT2D eigenvalue weighted by Gasteiger charge is 2.36. The van der Waals surface area contributed by atoms with E-state index in [1.54, 1.807) is 0 Å². The van der Waals surface area contributed by atoms with Crippen LogP contribution in [-0.4, -0.2) is 82.3 Å². The zero-order valence-corrected chi connectivity index (χ0v) is 21.8. The molecule has 0 aliphatic carbocycles. The zero-order chi connectivity index (χ0) is 26.0. The minimum absolute atomic E-state index is 0.0447. The molecule has 2 aliphatic rings. The normalized spacial score (nSPS) is 20.1. The molecule has 5 heterocycles. The number of halogens is 1. The Morgan fingerprint density at radius 2 is 1.78 bits per heavy atom. The molecule has 2 fully saturated rings. The van der Waals surface area contributed by atoms with Crippen molar-refractivity contribution in [2.75, 3.05) is 43.5 Å². The average molecular weight is 552 g/mol. The van der Waals surface area contributed by atoms with E-state index in [0.29, 0.717) is 49.2 Å². The van der Waals surface area contributed by atoms with Crippen LogP contribution in [0.2, 0.25) is 5.02 Å². The molecule has 0 spiro atoms. The topological polar surface area (TPSA) is 159 Å². The van der Waals surface area contributed by atoms with Gasteiger partial charge in [-0.05, 0) is 25.7 Å². The first-order chi connectivity index (χ1) is 17.9. The van der Waals surface area contributed by atoms with Crippen molar-refractivity contribution in [1.82, 2.24) is 34.7 Å². The van der Waals surface area contributed by atoms with E-state index in [-0.39, 0.29) is 29.9 Å². The van der Waals surface area contributed by atoms with Crippen LogP contribution in [0.4, 0.5) is 11.9 Å². The third-order valence-corrected chi connectivity index (χ3v) is 8.14. The summed E-state index contributed by atoms with van der Waals surface area (Å²) in [6.07, 6.45) is 6.48. The first-order valence-electron chi connectivity index (χ1n) is 11.7. The number of piperidine rings is 1. The van der Waals surface area contributed by atoms with Gasteiger partial charge in [0.1, 0.15) is 12.4 Å². The second-order valence-corrected chi connectivity index (χ2v) is 10.9. The molecule has 3 aromatic rings. The second-order valence-electron chi connectivity index (χ2n) is 8.52. The molecule has 0 radical (unpaired) electrons. The Morgan fingerprint density at radius 3 is 2.43 bits per heavy atom. The lowest BCUT2D eigenvalue weighted by Gasteiger charge is -2.32. The van der Waals surface area contributed by atoms with Crippen LogP contribution in [0.25, 0.3) is 5.69 Å². The number of rotatable bonds is 8. The molecule has 16 heteroatoms. The van der Waals surface area contributed by atoms with Crippen molar-refractivity contribution in [3.8, 4) is 17.4 Å². The highest BCUT2D eigenvalue weighted by Crippen LogP contribution is 2.37. The van der Waals surface area contributed by atoms with Crippen LogP contribution in [0, 0.1) is 0 Å². The molecular formula is C21H26ClN9O5S. The van der Waals surface area contributed by atoms with Crippen LogP contribution in [0.1, 0.15) is 37.6 Å². The Bertz CT molecular complexity index is 1330. The van der Waals surface area contributed by atoms with E-state index in [2.05, 4.69) is 34.9 Å². The molecule has 198 valence electrons. The number of anilines is 2.